The molecule has 1 aromatic rings. The van der Waals surface area contributed by atoms with Crippen molar-refractivity contribution < 1.29 is 4.74 Å². The van der Waals surface area contributed by atoms with Crippen LogP contribution >= 0.6 is 0 Å². The van der Waals surface area contributed by atoms with Crippen molar-refractivity contribution in [3.05, 3.63) is 35.9 Å². The monoisotopic (exact) mass is 429 g/mol. The SMILES string of the molecule is CC.CC1CCCCC1.CN1CCC[C@@H]1C1CCC(CCOCc2ccccc2)CC1. The van der Waals surface area contributed by atoms with Crippen LogP contribution in [-0.2, 0) is 11.3 Å². The summed E-state index contributed by atoms with van der Waals surface area (Å²) >= 11 is 0. The van der Waals surface area contributed by atoms with E-state index in [1.54, 1.807) is 0 Å². The maximum atomic E-state index is 5.86. The van der Waals surface area contributed by atoms with Gasteiger partial charge in [-0.3, -0.25) is 0 Å². The minimum absolute atomic E-state index is 0.767. The summed E-state index contributed by atoms with van der Waals surface area (Å²) in [5.74, 6) is 2.90. The molecule has 1 aliphatic heterocycles. The molecule has 0 N–H and O–H groups in total. The van der Waals surface area contributed by atoms with E-state index in [0.29, 0.717) is 0 Å². The Morgan fingerprint density at radius 1 is 0.839 bits per heavy atom. The van der Waals surface area contributed by atoms with Gasteiger partial charge in [0.25, 0.3) is 0 Å². The van der Waals surface area contributed by atoms with E-state index in [4.69, 9.17) is 4.74 Å². The highest BCUT2D eigenvalue weighted by Gasteiger charge is 2.32. The lowest BCUT2D eigenvalue weighted by Crippen LogP contribution is -2.34. The molecule has 0 unspecified atom stereocenters. The Morgan fingerprint density at radius 3 is 2.06 bits per heavy atom. The number of hydrogen-bond acceptors (Lipinski definition) is 2. The third kappa shape index (κ3) is 10.1. The molecule has 178 valence electrons. The second-order valence-electron chi connectivity index (χ2n) is 10.0. The molecule has 2 heteroatoms. The van der Waals surface area contributed by atoms with Gasteiger partial charge in [-0.1, -0.05) is 96.0 Å². The van der Waals surface area contributed by atoms with E-state index < -0.39 is 0 Å². The van der Waals surface area contributed by atoms with E-state index in [1.807, 2.05) is 13.8 Å². The van der Waals surface area contributed by atoms with Crippen molar-refractivity contribution in [3.8, 4) is 0 Å². The Kier molecular flexibility index (Phi) is 13.5. The molecule has 2 saturated carbocycles. The Bertz CT molecular complexity index is 531. The molecule has 0 radical (unpaired) electrons. The van der Waals surface area contributed by atoms with Crippen molar-refractivity contribution in [2.24, 2.45) is 17.8 Å². The van der Waals surface area contributed by atoms with Crippen molar-refractivity contribution in [1.29, 1.82) is 0 Å². The smallest absolute Gasteiger partial charge is 0.0716 e. The standard InChI is InChI=1S/C20H31NO.C7H14.C2H6/c1-21-14-5-8-20(21)19-11-9-17(10-12-19)13-15-22-16-18-6-3-2-4-7-18;1-7-5-3-2-4-6-7;1-2/h2-4,6-7,17,19-20H,5,8-16H2,1H3;7H,2-6H2,1H3;1-2H3/t17?,19?,20-;;/m1../s1. The summed E-state index contributed by atoms with van der Waals surface area (Å²) in [5, 5.41) is 0. The van der Waals surface area contributed by atoms with Crippen molar-refractivity contribution in [2.75, 3.05) is 20.2 Å². The number of rotatable bonds is 6. The second kappa shape index (κ2) is 15.9. The zero-order chi connectivity index (χ0) is 22.3. The molecule has 3 fully saturated rings. The van der Waals surface area contributed by atoms with Gasteiger partial charge in [0, 0.05) is 12.6 Å². The van der Waals surface area contributed by atoms with Gasteiger partial charge in [0.15, 0.2) is 0 Å². The first-order valence-electron chi connectivity index (χ1n) is 13.5. The Hall–Kier alpha value is -0.860. The summed E-state index contributed by atoms with van der Waals surface area (Å²) in [6.45, 7) is 9.37. The van der Waals surface area contributed by atoms with Crippen LogP contribution in [0.1, 0.15) is 103 Å². The highest BCUT2D eigenvalue weighted by molar-refractivity contribution is 5.13. The van der Waals surface area contributed by atoms with Gasteiger partial charge in [0.1, 0.15) is 0 Å². The van der Waals surface area contributed by atoms with Crippen LogP contribution in [0.25, 0.3) is 0 Å². The van der Waals surface area contributed by atoms with Crippen LogP contribution in [0, 0.1) is 17.8 Å². The number of benzene rings is 1. The minimum atomic E-state index is 0.767. The second-order valence-corrected chi connectivity index (χ2v) is 10.0. The fourth-order valence-electron chi connectivity index (χ4n) is 5.71. The predicted molar refractivity (Wildman–Crippen MR) is 135 cm³/mol. The van der Waals surface area contributed by atoms with Crippen LogP contribution in [0.3, 0.4) is 0 Å². The first-order valence-corrected chi connectivity index (χ1v) is 13.5. The summed E-state index contributed by atoms with van der Waals surface area (Å²) in [6, 6.07) is 11.4. The van der Waals surface area contributed by atoms with Crippen LogP contribution in [0.4, 0.5) is 0 Å². The van der Waals surface area contributed by atoms with Crippen LogP contribution in [-0.4, -0.2) is 31.1 Å². The maximum absolute atomic E-state index is 5.86. The topological polar surface area (TPSA) is 12.5 Å². The van der Waals surface area contributed by atoms with Crippen molar-refractivity contribution in [1.82, 2.24) is 4.90 Å². The first-order chi connectivity index (χ1) is 15.2. The molecular weight excluding hydrogens is 378 g/mol. The lowest BCUT2D eigenvalue weighted by Gasteiger charge is -2.35. The van der Waals surface area contributed by atoms with Crippen LogP contribution < -0.4 is 0 Å². The van der Waals surface area contributed by atoms with Gasteiger partial charge in [0.2, 0.25) is 0 Å². The van der Waals surface area contributed by atoms with Gasteiger partial charge >= 0.3 is 0 Å². The summed E-state index contributed by atoms with van der Waals surface area (Å²) in [6.07, 6.45) is 17.3. The average Bonchev–Trinajstić information content (AvgIpc) is 3.26. The molecule has 31 heavy (non-hydrogen) atoms. The molecular formula is C29H51NO. The Morgan fingerprint density at radius 2 is 1.52 bits per heavy atom. The molecule has 0 spiro atoms. The molecule has 1 aromatic carbocycles. The molecule has 0 bridgehead atoms. The van der Waals surface area contributed by atoms with Crippen LogP contribution in [0.15, 0.2) is 30.3 Å². The van der Waals surface area contributed by atoms with E-state index in [0.717, 1.165) is 37.0 Å². The van der Waals surface area contributed by atoms with Gasteiger partial charge in [0.05, 0.1) is 6.61 Å². The zero-order valence-electron chi connectivity index (χ0n) is 21.2. The minimum Gasteiger partial charge on any atom is -0.377 e. The van der Waals surface area contributed by atoms with Crippen molar-refractivity contribution >= 4 is 0 Å². The normalized spacial score (nSPS) is 27.0. The molecule has 1 heterocycles. The molecule has 0 aromatic heterocycles. The summed E-state index contributed by atoms with van der Waals surface area (Å²) in [5.41, 5.74) is 1.29. The largest absolute Gasteiger partial charge is 0.377 e. The maximum Gasteiger partial charge on any atom is 0.0716 e. The van der Waals surface area contributed by atoms with Crippen LogP contribution in [0.5, 0.6) is 0 Å². The Balaban J connectivity index is 0.000000319. The summed E-state index contributed by atoms with van der Waals surface area (Å²) in [4.78, 5) is 2.61. The van der Waals surface area contributed by atoms with Crippen molar-refractivity contribution in [3.63, 3.8) is 0 Å². The third-order valence-electron chi connectivity index (χ3n) is 7.69. The Labute approximate surface area is 194 Å². The highest BCUT2D eigenvalue weighted by Crippen LogP contribution is 2.37. The van der Waals surface area contributed by atoms with E-state index >= 15 is 0 Å². The first kappa shape index (κ1) is 26.4. The molecule has 3 aliphatic rings. The lowest BCUT2D eigenvalue weighted by molar-refractivity contribution is 0.0911. The molecule has 2 aliphatic carbocycles. The van der Waals surface area contributed by atoms with E-state index in [9.17, 15) is 0 Å². The third-order valence-corrected chi connectivity index (χ3v) is 7.69. The molecule has 1 saturated heterocycles. The molecule has 4 rings (SSSR count). The van der Waals surface area contributed by atoms with Gasteiger partial charge in [-0.25, -0.2) is 0 Å². The van der Waals surface area contributed by atoms with Crippen molar-refractivity contribution in [2.45, 2.75) is 110 Å². The number of likely N-dealkylation sites (tertiary alicyclic amines) is 1. The van der Waals surface area contributed by atoms with Crippen LogP contribution in [0.2, 0.25) is 0 Å². The van der Waals surface area contributed by atoms with E-state index in [2.05, 4.69) is 49.2 Å². The average molecular weight is 430 g/mol. The van der Waals surface area contributed by atoms with E-state index in [1.165, 1.54) is 89.2 Å². The van der Waals surface area contributed by atoms with Gasteiger partial charge in [-0.15, -0.1) is 0 Å². The summed E-state index contributed by atoms with van der Waals surface area (Å²) < 4.78 is 5.86. The fourth-order valence-corrected chi connectivity index (χ4v) is 5.71. The van der Waals surface area contributed by atoms with Gasteiger partial charge in [-0.05, 0) is 69.0 Å². The van der Waals surface area contributed by atoms with E-state index in [-0.39, 0.29) is 0 Å². The number of ether oxygens (including phenoxy) is 1. The summed E-state index contributed by atoms with van der Waals surface area (Å²) in [7, 11) is 2.32. The number of nitrogens with zero attached hydrogens (tertiary/aromatic N) is 1. The molecule has 0 amide bonds. The molecule has 1 atom stereocenters. The molecule has 2 nitrogen and oxygen atoms in total. The fraction of sp³-hybridized carbons (Fsp3) is 0.793. The quantitative estimate of drug-likeness (QED) is 0.423. The lowest BCUT2D eigenvalue weighted by atomic mass is 9.77. The highest BCUT2D eigenvalue weighted by atomic mass is 16.5. The van der Waals surface area contributed by atoms with Gasteiger partial charge < -0.3 is 9.64 Å². The zero-order valence-corrected chi connectivity index (χ0v) is 21.2. The number of hydrogen-bond donors (Lipinski definition) is 0. The predicted octanol–water partition coefficient (Wildman–Crippen LogP) is 8.11. The van der Waals surface area contributed by atoms with Gasteiger partial charge in [-0.2, -0.15) is 0 Å².